The standard InChI is InChI=1S/C17H25N7O2/c1-3-15(14-5-4-6-18-11-14)22(2)17(25)13-24-16(19-20-21-24)12-23-7-9-26-10-8-23/h4-6,11,15H,3,7-10,12-13H2,1-2H3/t15-/m0/s1. The molecule has 0 bridgehead atoms. The molecule has 0 unspecified atom stereocenters. The highest BCUT2D eigenvalue weighted by atomic mass is 16.5. The predicted octanol–water partition coefficient (Wildman–Crippen LogP) is 0.510. The van der Waals surface area contributed by atoms with Gasteiger partial charge in [0.1, 0.15) is 6.54 Å². The molecule has 1 saturated heterocycles. The first-order valence-corrected chi connectivity index (χ1v) is 8.89. The maximum absolute atomic E-state index is 12.8. The summed E-state index contributed by atoms with van der Waals surface area (Å²) in [7, 11) is 1.81. The lowest BCUT2D eigenvalue weighted by Crippen LogP contribution is -2.37. The number of rotatable bonds is 7. The molecule has 0 spiro atoms. The van der Waals surface area contributed by atoms with Crippen molar-refractivity contribution >= 4 is 5.91 Å². The zero-order valence-electron chi connectivity index (χ0n) is 15.3. The van der Waals surface area contributed by atoms with Crippen LogP contribution >= 0.6 is 0 Å². The van der Waals surface area contributed by atoms with Gasteiger partial charge in [0.25, 0.3) is 0 Å². The second kappa shape index (κ2) is 8.81. The summed E-state index contributed by atoms with van der Waals surface area (Å²) < 4.78 is 6.95. The Morgan fingerprint density at radius 2 is 2.19 bits per heavy atom. The molecular weight excluding hydrogens is 334 g/mol. The maximum atomic E-state index is 12.8. The van der Waals surface area contributed by atoms with Gasteiger partial charge in [-0.15, -0.1) is 5.10 Å². The summed E-state index contributed by atoms with van der Waals surface area (Å²) in [5.41, 5.74) is 1.02. The molecule has 0 aliphatic carbocycles. The van der Waals surface area contributed by atoms with E-state index < -0.39 is 0 Å². The zero-order valence-corrected chi connectivity index (χ0v) is 15.3. The van der Waals surface area contributed by atoms with E-state index in [1.54, 1.807) is 22.0 Å². The summed E-state index contributed by atoms with van der Waals surface area (Å²) in [6, 6.07) is 3.86. The third kappa shape index (κ3) is 4.41. The van der Waals surface area contributed by atoms with Crippen LogP contribution in [0.4, 0.5) is 0 Å². The summed E-state index contributed by atoms with van der Waals surface area (Å²) in [6.07, 6.45) is 4.35. The number of pyridine rings is 1. The molecule has 0 N–H and O–H groups in total. The molecule has 3 rings (SSSR count). The number of hydrogen-bond donors (Lipinski definition) is 0. The summed E-state index contributed by atoms with van der Waals surface area (Å²) >= 11 is 0. The van der Waals surface area contributed by atoms with Crippen molar-refractivity contribution in [1.82, 2.24) is 35.0 Å². The molecule has 0 aromatic carbocycles. The fourth-order valence-electron chi connectivity index (χ4n) is 3.14. The molecule has 9 nitrogen and oxygen atoms in total. The Hall–Kier alpha value is -2.39. The first kappa shape index (κ1) is 18.4. The quantitative estimate of drug-likeness (QED) is 0.711. The Morgan fingerprint density at radius 3 is 2.88 bits per heavy atom. The number of carbonyl (C=O) groups excluding carboxylic acids is 1. The van der Waals surface area contributed by atoms with E-state index in [0.717, 1.165) is 25.1 Å². The van der Waals surface area contributed by atoms with Crippen LogP contribution in [0.25, 0.3) is 0 Å². The van der Waals surface area contributed by atoms with Gasteiger partial charge in [-0.3, -0.25) is 14.7 Å². The van der Waals surface area contributed by atoms with Crippen LogP contribution in [0.2, 0.25) is 0 Å². The van der Waals surface area contributed by atoms with E-state index in [2.05, 4.69) is 32.3 Å². The van der Waals surface area contributed by atoms with Crippen LogP contribution in [-0.4, -0.2) is 74.2 Å². The van der Waals surface area contributed by atoms with Crippen LogP contribution in [0.1, 0.15) is 30.8 Å². The first-order chi connectivity index (χ1) is 12.7. The van der Waals surface area contributed by atoms with E-state index in [4.69, 9.17) is 4.74 Å². The molecule has 2 aromatic rings. The van der Waals surface area contributed by atoms with Gasteiger partial charge in [-0.25, -0.2) is 4.68 Å². The summed E-state index contributed by atoms with van der Waals surface area (Å²) in [6.45, 7) is 5.92. The largest absolute Gasteiger partial charge is 0.379 e. The van der Waals surface area contributed by atoms with Gasteiger partial charge in [0.05, 0.1) is 25.8 Å². The Bertz CT molecular complexity index is 700. The van der Waals surface area contributed by atoms with E-state index in [0.29, 0.717) is 25.6 Å². The minimum absolute atomic E-state index is 0.0182. The van der Waals surface area contributed by atoms with Crippen molar-refractivity contribution in [2.24, 2.45) is 0 Å². The average molecular weight is 359 g/mol. The van der Waals surface area contributed by atoms with Crippen molar-refractivity contribution < 1.29 is 9.53 Å². The van der Waals surface area contributed by atoms with Gasteiger partial charge in [0.2, 0.25) is 5.91 Å². The number of aromatic nitrogens is 5. The van der Waals surface area contributed by atoms with E-state index >= 15 is 0 Å². The lowest BCUT2D eigenvalue weighted by Gasteiger charge is -2.28. The number of likely N-dealkylation sites (N-methyl/N-ethyl adjacent to an activating group) is 1. The second-order valence-electron chi connectivity index (χ2n) is 6.36. The molecule has 3 heterocycles. The van der Waals surface area contributed by atoms with Crippen molar-refractivity contribution in [3.63, 3.8) is 0 Å². The second-order valence-corrected chi connectivity index (χ2v) is 6.36. The normalized spacial score (nSPS) is 16.4. The molecule has 1 amide bonds. The van der Waals surface area contributed by atoms with Crippen molar-refractivity contribution in [2.45, 2.75) is 32.5 Å². The van der Waals surface area contributed by atoms with Crippen molar-refractivity contribution in [3.05, 3.63) is 35.9 Å². The number of morpholine rings is 1. The smallest absolute Gasteiger partial charge is 0.244 e. The fourth-order valence-corrected chi connectivity index (χ4v) is 3.14. The number of ether oxygens (including phenoxy) is 1. The molecule has 0 saturated carbocycles. The molecular formula is C17H25N7O2. The Morgan fingerprint density at radius 1 is 1.38 bits per heavy atom. The van der Waals surface area contributed by atoms with Crippen LogP contribution in [0.5, 0.6) is 0 Å². The molecule has 1 aliphatic rings. The van der Waals surface area contributed by atoms with Crippen LogP contribution in [0.3, 0.4) is 0 Å². The Labute approximate surface area is 152 Å². The van der Waals surface area contributed by atoms with Crippen LogP contribution in [0.15, 0.2) is 24.5 Å². The number of amides is 1. The van der Waals surface area contributed by atoms with Crippen LogP contribution in [0, 0.1) is 0 Å². The minimum atomic E-state index is -0.0313. The first-order valence-electron chi connectivity index (χ1n) is 8.89. The topological polar surface area (TPSA) is 89.3 Å². The van der Waals surface area contributed by atoms with E-state index in [1.165, 1.54) is 0 Å². The number of nitrogens with zero attached hydrogens (tertiary/aromatic N) is 7. The van der Waals surface area contributed by atoms with Gasteiger partial charge >= 0.3 is 0 Å². The molecule has 140 valence electrons. The monoisotopic (exact) mass is 359 g/mol. The van der Waals surface area contributed by atoms with E-state index in [-0.39, 0.29) is 18.5 Å². The van der Waals surface area contributed by atoms with Gasteiger partial charge in [-0.1, -0.05) is 13.0 Å². The highest BCUT2D eigenvalue weighted by molar-refractivity contribution is 5.76. The molecule has 1 atom stereocenters. The third-order valence-electron chi connectivity index (χ3n) is 4.68. The van der Waals surface area contributed by atoms with E-state index in [1.807, 2.05) is 19.2 Å². The Balaban J connectivity index is 1.65. The van der Waals surface area contributed by atoms with Crippen molar-refractivity contribution in [2.75, 3.05) is 33.4 Å². The average Bonchev–Trinajstić information content (AvgIpc) is 3.10. The lowest BCUT2D eigenvalue weighted by molar-refractivity contribution is -0.133. The molecule has 26 heavy (non-hydrogen) atoms. The van der Waals surface area contributed by atoms with E-state index in [9.17, 15) is 4.79 Å². The van der Waals surface area contributed by atoms with Gasteiger partial charge < -0.3 is 9.64 Å². The SMILES string of the molecule is CC[C@@H](c1cccnc1)N(C)C(=O)Cn1nnnc1CN1CCOCC1. The fraction of sp³-hybridized carbons (Fsp3) is 0.588. The minimum Gasteiger partial charge on any atom is -0.379 e. The van der Waals surface area contributed by atoms with Crippen LogP contribution in [-0.2, 0) is 22.6 Å². The highest BCUT2D eigenvalue weighted by Crippen LogP contribution is 2.22. The summed E-state index contributed by atoms with van der Waals surface area (Å²) in [4.78, 5) is 20.9. The zero-order chi connectivity index (χ0) is 18.4. The number of hydrogen-bond acceptors (Lipinski definition) is 7. The van der Waals surface area contributed by atoms with Crippen LogP contribution < -0.4 is 0 Å². The highest BCUT2D eigenvalue weighted by Gasteiger charge is 2.22. The molecule has 2 aromatic heterocycles. The van der Waals surface area contributed by atoms with Gasteiger partial charge in [0, 0.05) is 32.5 Å². The van der Waals surface area contributed by atoms with Crippen molar-refractivity contribution in [1.29, 1.82) is 0 Å². The number of carbonyl (C=O) groups is 1. The number of tetrazole rings is 1. The predicted molar refractivity (Wildman–Crippen MR) is 94.0 cm³/mol. The van der Waals surface area contributed by atoms with Gasteiger partial charge in [-0.2, -0.15) is 0 Å². The molecule has 1 fully saturated rings. The maximum Gasteiger partial charge on any atom is 0.244 e. The lowest BCUT2D eigenvalue weighted by atomic mass is 10.1. The Kier molecular flexibility index (Phi) is 6.24. The van der Waals surface area contributed by atoms with Crippen molar-refractivity contribution in [3.8, 4) is 0 Å². The molecule has 1 aliphatic heterocycles. The third-order valence-corrected chi connectivity index (χ3v) is 4.68. The summed E-state index contributed by atoms with van der Waals surface area (Å²) in [5.74, 6) is 0.666. The molecule has 0 radical (unpaired) electrons. The summed E-state index contributed by atoms with van der Waals surface area (Å²) in [5, 5.41) is 11.8. The van der Waals surface area contributed by atoms with Gasteiger partial charge in [0.15, 0.2) is 5.82 Å². The molecule has 9 heteroatoms. The van der Waals surface area contributed by atoms with Gasteiger partial charge in [-0.05, 0) is 28.5 Å².